The van der Waals surface area contributed by atoms with E-state index in [1.165, 1.54) is 0 Å². The van der Waals surface area contributed by atoms with Crippen LogP contribution in [0.3, 0.4) is 0 Å². The van der Waals surface area contributed by atoms with Crippen LogP contribution in [0.5, 0.6) is 5.75 Å². The molecule has 0 spiro atoms. The molecule has 0 heterocycles. The van der Waals surface area contributed by atoms with Crippen molar-refractivity contribution in [3.8, 4) is 5.75 Å². The Morgan fingerprint density at radius 1 is 1.60 bits per heavy atom. The Kier molecular flexibility index (Phi) is 4.66. The number of ether oxygens (including phenoxy) is 1. The van der Waals surface area contributed by atoms with Gasteiger partial charge >= 0.3 is 0 Å². The second kappa shape index (κ2) is 5.79. The van der Waals surface area contributed by atoms with Crippen LogP contribution in [-0.2, 0) is 6.42 Å². The number of halogens is 1. The molecule has 0 saturated heterocycles. The van der Waals surface area contributed by atoms with E-state index in [2.05, 4.69) is 6.58 Å². The normalized spacial score (nSPS) is 12.2. The minimum absolute atomic E-state index is 0.140. The number of rotatable bonds is 5. The van der Waals surface area contributed by atoms with Crippen molar-refractivity contribution in [2.24, 2.45) is 5.73 Å². The van der Waals surface area contributed by atoms with Crippen LogP contribution < -0.4 is 10.5 Å². The molecular formula is C12H16ClNO. The maximum Gasteiger partial charge on any atom is 0.138 e. The van der Waals surface area contributed by atoms with Crippen LogP contribution in [0.2, 0.25) is 5.02 Å². The summed E-state index contributed by atoms with van der Waals surface area (Å²) in [5.74, 6) is 0.685. The van der Waals surface area contributed by atoms with Gasteiger partial charge in [-0.25, -0.2) is 0 Å². The van der Waals surface area contributed by atoms with Crippen molar-refractivity contribution < 1.29 is 4.74 Å². The molecule has 2 nitrogen and oxygen atoms in total. The van der Waals surface area contributed by atoms with E-state index in [1.54, 1.807) is 6.08 Å². The molecule has 0 aliphatic heterocycles. The summed E-state index contributed by atoms with van der Waals surface area (Å²) in [5, 5.41) is 0.620. The summed E-state index contributed by atoms with van der Waals surface area (Å²) in [6.45, 7) is 6.01. The summed E-state index contributed by atoms with van der Waals surface area (Å²) in [7, 11) is 0. The average molecular weight is 226 g/mol. The number of hydrogen-bond acceptors (Lipinski definition) is 2. The molecule has 0 fully saturated rings. The van der Waals surface area contributed by atoms with Crippen molar-refractivity contribution in [3.63, 3.8) is 0 Å². The number of nitrogens with two attached hydrogens (primary N) is 1. The van der Waals surface area contributed by atoms with Gasteiger partial charge in [0.05, 0.1) is 5.02 Å². The molecule has 1 aromatic carbocycles. The van der Waals surface area contributed by atoms with Crippen molar-refractivity contribution in [3.05, 3.63) is 41.4 Å². The first-order valence-electron chi connectivity index (χ1n) is 4.91. The summed E-state index contributed by atoms with van der Waals surface area (Å²) in [4.78, 5) is 0. The van der Waals surface area contributed by atoms with Gasteiger partial charge in [0.15, 0.2) is 0 Å². The summed E-state index contributed by atoms with van der Waals surface area (Å²) >= 11 is 6.05. The molecule has 1 rings (SSSR count). The van der Waals surface area contributed by atoms with Crippen molar-refractivity contribution in [2.45, 2.75) is 19.4 Å². The molecule has 0 radical (unpaired) electrons. The first-order valence-corrected chi connectivity index (χ1v) is 5.29. The number of benzene rings is 1. The lowest BCUT2D eigenvalue weighted by atomic mass is 10.1. The van der Waals surface area contributed by atoms with Crippen LogP contribution >= 0.6 is 11.6 Å². The van der Waals surface area contributed by atoms with Crippen LogP contribution in [-0.4, -0.2) is 12.6 Å². The van der Waals surface area contributed by atoms with Gasteiger partial charge in [-0.3, -0.25) is 0 Å². The summed E-state index contributed by atoms with van der Waals surface area (Å²) in [6, 6.07) is 5.88. The largest absolute Gasteiger partial charge is 0.488 e. The van der Waals surface area contributed by atoms with Crippen LogP contribution in [0.15, 0.2) is 30.9 Å². The molecule has 1 aromatic rings. The Morgan fingerprint density at radius 3 is 2.87 bits per heavy atom. The zero-order valence-electron chi connectivity index (χ0n) is 8.87. The molecule has 3 heteroatoms. The maximum absolute atomic E-state index is 6.05. The highest BCUT2D eigenvalue weighted by Gasteiger charge is 2.04. The standard InChI is InChI=1S/C12H16ClNO/c1-3-6-15-12-5-4-10(7-9(2)14)8-11(12)13/h3-5,8-9H,1,6-7,14H2,2H3. The summed E-state index contributed by atoms with van der Waals surface area (Å²) in [5.41, 5.74) is 6.83. The van der Waals surface area contributed by atoms with Gasteiger partial charge in [0.25, 0.3) is 0 Å². The zero-order valence-corrected chi connectivity index (χ0v) is 9.63. The fourth-order valence-electron chi connectivity index (χ4n) is 1.31. The topological polar surface area (TPSA) is 35.2 Å². The van der Waals surface area contributed by atoms with E-state index in [-0.39, 0.29) is 6.04 Å². The third-order valence-corrected chi connectivity index (χ3v) is 2.21. The first-order chi connectivity index (χ1) is 7.13. The van der Waals surface area contributed by atoms with Gasteiger partial charge in [-0.2, -0.15) is 0 Å². The van der Waals surface area contributed by atoms with Gasteiger partial charge in [0.1, 0.15) is 12.4 Å². The molecule has 82 valence electrons. The van der Waals surface area contributed by atoms with Crippen molar-refractivity contribution >= 4 is 11.6 Å². The van der Waals surface area contributed by atoms with E-state index in [1.807, 2.05) is 25.1 Å². The highest BCUT2D eigenvalue weighted by Crippen LogP contribution is 2.25. The molecule has 1 atom stereocenters. The second-order valence-corrected chi connectivity index (χ2v) is 3.95. The lowest BCUT2D eigenvalue weighted by molar-refractivity contribution is 0.363. The second-order valence-electron chi connectivity index (χ2n) is 3.55. The van der Waals surface area contributed by atoms with Crippen molar-refractivity contribution in [2.75, 3.05) is 6.61 Å². The zero-order chi connectivity index (χ0) is 11.3. The van der Waals surface area contributed by atoms with Gasteiger partial charge in [0, 0.05) is 6.04 Å². The predicted octanol–water partition coefficient (Wildman–Crippen LogP) is 2.79. The lowest BCUT2D eigenvalue weighted by Crippen LogP contribution is -2.17. The molecule has 0 amide bonds. The molecule has 0 saturated carbocycles. The Labute approximate surface area is 95.7 Å². The monoisotopic (exact) mass is 225 g/mol. The Hall–Kier alpha value is -0.990. The van der Waals surface area contributed by atoms with E-state index in [4.69, 9.17) is 22.1 Å². The van der Waals surface area contributed by atoms with E-state index >= 15 is 0 Å². The summed E-state index contributed by atoms with van der Waals surface area (Å²) < 4.78 is 5.36. The van der Waals surface area contributed by atoms with Crippen molar-refractivity contribution in [1.29, 1.82) is 0 Å². The minimum Gasteiger partial charge on any atom is -0.488 e. The van der Waals surface area contributed by atoms with E-state index < -0.39 is 0 Å². The quantitative estimate of drug-likeness (QED) is 0.783. The molecule has 0 bridgehead atoms. The molecule has 2 N–H and O–H groups in total. The van der Waals surface area contributed by atoms with Gasteiger partial charge in [0.2, 0.25) is 0 Å². The van der Waals surface area contributed by atoms with Crippen molar-refractivity contribution in [1.82, 2.24) is 0 Å². The van der Waals surface area contributed by atoms with Crippen LogP contribution in [0.1, 0.15) is 12.5 Å². The molecule has 0 aliphatic rings. The van der Waals surface area contributed by atoms with Gasteiger partial charge in [-0.05, 0) is 31.0 Å². The van der Waals surface area contributed by atoms with E-state index in [0.717, 1.165) is 12.0 Å². The highest BCUT2D eigenvalue weighted by atomic mass is 35.5. The lowest BCUT2D eigenvalue weighted by Gasteiger charge is -2.09. The molecular weight excluding hydrogens is 210 g/mol. The fraction of sp³-hybridized carbons (Fsp3) is 0.333. The molecule has 1 unspecified atom stereocenters. The third-order valence-electron chi connectivity index (χ3n) is 1.91. The number of hydrogen-bond donors (Lipinski definition) is 1. The van der Waals surface area contributed by atoms with Crippen LogP contribution in [0.4, 0.5) is 0 Å². The van der Waals surface area contributed by atoms with Crippen LogP contribution in [0, 0.1) is 0 Å². The minimum atomic E-state index is 0.140. The molecule has 0 aromatic heterocycles. The average Bonchev–Trinajstić information content (AvgIpc) is 2.15. The molecule has 15 heavy (non-hydrogen) atoms. The molecule has 0 aliphatic carbocycles. The fourth-order valence-corrected chi connectivity index (χ4v) is 1.57. The predicted molar refractivity (Wildman–Crippen MR) is 64.5 cm³/mol. The van der Waals surface area contributed by atoms with Gasteiger partial charge in [-0.15, -0.1) is 0 Å². The Morgan fingerprint density at radius 2 is 2.33 bits per heavy atom. The van der Waals surface area contributed by atoms with E-state index in [0.29, 0.717) is 17.4 Å². The van der Waals surface area contributed by atoms with E-state index in [9.17, 15) is 0 Å². The van der Waals surface area contributed by atoms with Crippen LogP contribution in [0.25, 0.3) is 0 Å². The van der Waals surface area contributed by atoms with Gasteiger partial charge in [-0.1, -0.05) is 30.3 Å². The third kappa shape index (κ3) is 3.94. The highest BCUT2D eigenvalue weighted by molar-refractivity contribution is 6.32. The smallest absolute Gasteiger partial charge is 0.138 e. The Balaban J connectivity index is 2.73. The van der Waals surface area contributed by atoms with Gasteiger partial charge < -0.3 is 10.5 Å². The first kappa shape index (κ1) is 12.1. The maximum atomic E-state index is 6.05. The SMILES string of the molecule is C=CCOc1ccc(CC(C)N)cc1Cl. The Bertz CT molecular complexity index is 336. The summed E-state index contributed by atoms with van der Waals surface area (Å²) in [6.07, 6.45) is 2.51.